The summed E-state index contributed by atoms with van der Waals surface area (Å²) in [6.07, 6.45) is 3.46. The van der Waals surface area contributed by atoms with Gasteiger partial charge in [0.25, 0.3) is 0 Å². The van der Waals surface area contributed by atoms with Crippen molar-refractivity contribution >= 4 is 0 Å². The molecule has 1 unspecified atom stereocenters. The average Bonchev–Trinajstić information content (AvgIpc) is 1.94. The Morgan fingerprint density at radius 2 is 2.12 bits per heavy atom. The minimum absolute atomic E-state index is 0.432. The van der Waals surface area contributed by atoms with E-state index in [2.05, 4.69) is 5.32 Å². The van der Waals surface area contributed by atoms with Crippen LogP contribution in [-0.4, -0.2) is 19.1 Å². The molecular formula is C6H13N2. The first-order valence-electron chi connectivity index (χ1n) is 3.28. The van der Waals surface area contributed by atoms with E-state index in [1.54, 1.807) is 0 Å². The molecule has 2 nitrogen and oxygen atoms in total. The Bertz CT molecular complexity index is 55.5. The van der Waals surface area contributed by atoms with E-state index < -0.39 is 0 Å². The van der Waals surface area contributed by atoms with Crippen molar-refractivity contribution in [3.63, 3.8) is 0 Å². The van der Waals surface area contributed by atoms with Crippen molar-refractivity contribution < 1.29 is 0 Å². The van der Waals surface area contributed by atoms with Crippen LogP contribution in [0.15, 0.2) is 0 Å². The second kappa shape index (κ2) is 3.05. The van der Waals surface area contributed by atoms with Gasteiger partial charge in [-0.05, 0) is 19.3 Å². The molecular weight excluding hydrogens is 100 g/mol. The zero-order valence-electron chi connectivity index (χ0n) is 5.14. The summed E-state index contributed by atoms with van der Waals surface area (Å²) in [6, 6.07) is 0.432. The second-order valence-corrected chi connectivity index (χ2v) is 2.36. The van der Waals surface area contributed by atoms with Gasteiger partial charge in [-0.25, -0.2) is 5.32 Å². The minimum atomic E-state index is 0.432. The van der Waals surface area contributed by atoms with E-state index in [0.29, 0.717) is 6.04 Å². The Hall–Kier alpha value is -0.0800. The van der Waals surface area contributed by atoms with Crippen molar-refractivity contribution in [2.45, 2.75) is 25.3 Å². The standard InChI is InChI=1S/C6H13N2/c7-6-2-1-4-8-5-3-6/h6H,1-5,7H2. The van der Waals surface area contributed by atoms with Gasteiger partial charge in [0.15, 0.2) is 0 Å². The number of rotatable bonds is 0. The predicted molar refractivity (Wildman–Crippen MR) is 33.7 cm³/mol. The molecule has 1 radical (unpaired) electrons. The van der Waals surface area contributed by atoms with E-state index in [1.165, 1.54) is 12.8 Å². The number of hydrogen-bond donors (Lipinski definition) is 1. The van der Waals surface area contributed by atoms with Gasteiger partial charge in [0.1, 0.15) is 0 Å². The van der Waals surface area contributed by atoms with Gasteiger partial charge in [-0.2, -0.15) is 0 Å². The third-order valence-corrected chi connectivity index (χ3v) is 1.55. The first kappa shape index (κ1) is 6.05. The van der Waals surface area contributed by atoms with Gasteiger partial charge in [0, 0.05) is 19.1 Å². The summed E-state index contributed by atoms with van der Waals surface area (Å²) in [5.41, 5.74) is 5.67. The molecule has 0 amide bonds. The summed E-state index contributed by atoms with van der Waals surface area (Å²) >= 11 is 0. The molecule has 0 aliphatic carbocycles. The summed E-state index contributed by atoms with van der Waals surface area (Å²) in [7, 11) is 0. The Morgan fingerprint density at radius 1 is 1.25 bits per heavy atom. The van der Waals surface area contributed by atoms with Crippen LogP contribution in [0.25, 0.3) is 0 Å². The van der Waals surface area contributed by atoms with Crippen molar-refractivity contribution in [1.82, 2.24) is 5.32 Å². The van der Waals surface area contributed by atoms with Crippen LogP contribution >= 0.6 is 0 Å². The molecule has 1 atom stereocenters. The zero-order valence-corrected chi connectivity index (χ0v) is 5.14. The van der Waals surface area contributed by atoms with Crippen LogP contribution in [0.4, 0.5) is 0 Å². The Morgan fingerprint density at radius 3 is 3.00 bits per heavy atom. The topological polar surface area (TPSA) is 40.1 Å². The first-order valence-corrected chi connectivity index (χ1v) is 3.28. The maximum Gasteiger partial charge on any atom is 0.0148 e. The summed E-state index contributed by atoms with van der Waals surface area (Å²) in [5, 5.41) is 4.24. The minimum Gasteiger partial charge on any atom is -0.328 e. The lowest BCUT2D eigenvalue weighted by molar-refractivity contribution is 0.598. The van der Waals surface area contributed by atoms with Crippen LogP contribution in [0, 0.1) is 0 Å². The number of nitrogens with zero attached hydrogens (tertiary/aromatic N) is 1. The van der Waals surface area contributed by atoms with Crippen LogP contribution in [0.1, 0.15) is 19.3 Å². The second-order valence-electron chi connectivity index (χ2n) is 2.36. The molecule has 0 aromatic carbocycles. The fraction of sp³-hybridized carbons (Fsp3) is 1.00. The fourth-order valence-electron chi connectivity index (χ4n) is 0.979. The molecule has 8 heavy (non-hydrogen) atoms. The molecule has 1 saturated heterocycles. The van der Waals surface area contributed by atoms with E-state index in [9.17, 15) is 0 Å². The zero-order chi connectivity index (χ0) is 5.82. The highest BCUT2D eigenvalue weighted by molar-refractivity contribution is 4.67. The molecule has 2 heteroatoms. The van der Waals surface area contributed by atoms with E-state index in [4.69, 9.17) is 5.73 Å². The SMILES string of the molecule is NC1CCC[N]CC1. The molecule has 47 valence electrons. The monoisotopic (exact) mass is 113 g/mol. The van der Waals surface area contributed by atoms with E-state index in [0.717, 1.165) is 19.5 Å². The van der Waals surface area contributed by atoms with Gasteiger partial charge < -0.3 is 5.73 Å². The molecule has 1 aliphatic heterocycles. The Labute approximate surface area is 50.4 Å². The average molecular weight is 113 g/mol. The van der Waals surface area contributed by atoms with Crippen molar-refractivity contribution in [1.29, 1.82) is 0 Å². The summed E-state index contributed by atoms with van der Waals surface area (Å²) in [4.78, 5) is 0. The third-order valence-electron chi connectivity index (χ3n) is 1.55. The highest BCUT2D eigenvalue weighted by Crippen LogP contribution is 2.01. The molecule has 1 aliphatic rings. The lowest BCUT2D eigenvalue weighted by atomic mass is 10.1. The molecule has 0 aromatic heterocycles. The quantitative estimate of drug-likeness (QED) is 0.475. The van der Waals surface area contributed by atoms with Gasteiger partial charge in [-0.1, -0.05) is 0 Å². The van der Waals surface area contributed by atoms with Crippen molar-refractivity contribution in [3.05, 3.63) is 0 Å². The van der Waals surface area contributed by atoms with Gasteiger partial charge in [-0.3, -0.25) is 0 Å². The molecule has 0 saturated carbocycles. The third kappa shape index (κ3) is 1.80. The van der Waals surface area contributed by atoms with Gasteiger partial charge in [-0.15, -0.1) is 0 Å². The van der Waals surface area contributed by atoms with Crippen LogP contribution in [0.2, 0.25) is 0 Å². The maximum absolute atomic E-state index is 5.67. The summed E-state index contributed by atoms with van der Waals surface area (Å²) < 4.78 is 0. The first-order chi connectivity index (χ1) is 3.89. The molecule has 0 spiro atoms. The van der Waals surface area contributed by atoms with Crippen molar-refractivity contribution in [2.24, 2.45) is 5.73 Å². The normalized spacial score (nSPS) is 31.9. The van der Waals surface area contributed by atoms with Gasteiger partial charge in [0.05, 0.1) is 0 Å². The molecule has 0 bridgehead atoms. The maximum atomic E-state index is 5.67. The Kier molecular flexibility index (Phi) is 2.30. The van der Waals surface area contributed by atoms with Crippen LogP contribution < -0.4 is 11.1 Å². The van der Waals surface area contributed by atoms with Gasteiger partial charge >= 0.3 is 0 Å². The molecule has 1 heterocycles. The predicted octanol–water partition coefficient (Wildman–Crippen LogP) is 0.102. The molecule has 2 N–H and O–H groups in total. The lowest BCUT2D eigenvalue weighted by Crippen LogP contribution is -2.19. The smallest absolute Gasteiger partial charge is 0.0148 e. The number of hydrogen-bond acceptors (Lipinski definition) is 1. The largest absolute Gasteiger partial charge is 0.328 e. The Balaban J connectivity index is 2.17. The van der Waals surface area contributed by atoms with Gasteiger partial charge in [0.2, 0.25) is 0 Å². The summed E-state index contributed by atoms with van der Waals surface area (Å²) in [6.45, 7) is 2.02. The van der Waals surface area contributed by atoms with E-state index in [1.807, 2.05) is 0 Å². The highest BCUT2D eigenvalue weighted by atomic mass is 14.9. The van der Waals surface area contributed by atoms with Crippen LogP contribution in [0.5, 0.6) is 0 Å². The fourth-order valence-corrected chi connectivity index (χ4v) is 0.979. The van der Waals surface area contributed by atoms with E-state index in [-0.39, 0.29) is 0 Å². The number of nitrogens with two attached hydrogens (primary N) is 1. The van der Waals surface area contributed by atoms with Crippen molar-refractivity contribution in [2.75, 3.05) is 13.1 Å². The van der Waals surface area contributed by atoms with Crippen LogP contribution in [-0.2, 0) is 0 Å². The molecule has 0 aromatic rings. The van der Waals surface area contributed by atoms with E-state index >= 15 is 0 Å². The molecule has 1 fully saturated rings. The summed E-state index contributed by atoms with van der Waals surface area (Å²) in [5.74, 6) is 0. The lowest BCUT2D eigenvalue weighted by Gasteiger charge is -2.02. The highest BCUT2D eigenvalue weighted by Gasteiger charge is 2.05. The van der Waals surface area contributed by atoms with Crippen LogP contribution in [0.3, 0.4) is 0 Å². The van der Waals surface area contributed by atoms with Crippen molar-refractivity contribution in [3.8, 4) is 0 Å². The molecule has 1 rings (SSSR count).